The SMILES string of the molecule is Cc1noc(-c2ccc(COc3ccccc3CC(=O)O)cc2)c1NC(=O)O[C@H](C)c1ccccc1Cl. The van der Waals surface area contributed by atoms with Crippen molar-refractivity contribution in [2.45, 2.75) is 33.0 Å². The highest BCUT2D eigenvalue weighted by atomic mass is 35.5. The van der Waals surface area contributed by atoms with Gasteiger partial charge in [-0.3, -0.25) is 10.1 Å². The molecule has 0 fully saturated rings. The summed E-state index contributed by atoms with van der Waals surface area (Å²) >= 11 is 6.20. The normalized spacial score (nSPS) is 11.5. The molecule has 0 spiro atoms. The molecule has 4 aromatic rings. The molecule has 1 amide bonds. The van der Waals surface area contributed by atoms with Gasteiger partial charge >= 0.3 is 12.1 Å². The number of nitrogens with one attached hydrogen (secondary N) is 1. The van der Waals surface area contributed by atoms with E-state index < -0.39 is 18.2 Å². The summed E-state index contributed by atoms with van der Waals surface area (Å²) in [5.41, 5.74) is 3.78. The fourth-order valence-corrected chi connectivity index (χ4v) is 4.03. The molecule has 2 N–H and O–H groups in total. The quantitative estimate of drug-likeness (QED) is 0.249. The van der Waals surface area contributed by atoms with Crippen molar-refractivity contribution in [1.29, 1.82) is 0 Å². The van der Waals surface area contributed by atoms with Gasteiger partial charge in [-0.05, 0) is 31.5 Å². The number of hydrogen-bond donors (Lipinski definition) is 2. The molecule has 9 heteroatoms. The molecule has 1 aromatic heterocycles. The molecule has 0 unspecified atom stereocenters. The van der Waals surface area contributed by atoms with E-state index in [1.807, 2.05) is 30.3 Å². The Kier molecular flexibility index (Phi) is 8.10. The third-order valence-electron chi connectivity index (χ3n) is 5.64. The monoisotopic (exact) mass is 520 g/mol. The third kappa shape index (κ3) is 6.48. The van der Waals surface area contributed by atoms with Crippen LogP contribution in [0.3, 0.4) is 0 Å². The van der Waals surface area contributed by atoms with Crippen LogP contribution in [0.5, 0.6) is 5.75 Å². The van der Waals surface area contributed by atoms with Gasteiger partial charge in [0, 0.05) is 21.7 Å². The van der Waals surface area contributed by atoms with Crippen molar-refractivity contribution in [3.8, 4) is 17.1 Å². The number of amides is 1. The highest BCUT2D eigenvalue weighted by Gasteiger charge is 2.20. The van der Waals surface area contributed by atoms with E-state index in [4.69, 9.17) is 30.7 Å². The van der Waals surface area contributed by atoms with E-state index in [0.717, 1.165) is 5.56 Å². The average Bonchev–Trinajstić information content (AvgIpc) is 3.23. The van der Waals surface area contributed by atoms with Crippen molar-refractivity contribution in [3.63, 3.8) is 0 Å². The average molecular weight is 521 g/mol. The van der Waals surface area contributed by atoms with Crippen LogP contribution in [0.2, 0.25) is 5.02 Å². The number of ether oxygens (including phenoxy) is 2. The minimum absolute atomic E-state index is 0.116. The number of anilines is 1. The van der Waals surface area contributed by atoms with Gasteiger partial charge < -0.3 is 19.1 Å². The predicted octanol–water partition coefficient (Wildman–Crippen LogP) is 6.82. The second-order valence-electron chi connectivity index (χ2n) is 8.33. The maximum absolute atomic E-state index is 12.6. The first-order valence-electron chi connectivity index (χ1n) is 11.5. The van der Waals surface area contributed by atoms with E-state index in [9.17, 15) is 9.59 Å². The van der Waals surface area contributed by atoms with Crippen molar-refractivity contribution in [3.05, 3.63) is 100 Å². The maximum atomic E-state index is 12.6. The largest absolute Gasteiger partial charge is 0.489 e. The lowest BCUT2D eigenvalue weighted by Gasteiger charge is -2.15. The summed E-state index contributed by atoms with van der Waals surface area (Å²) in [4.78, 5) is 23.7. The molecule has 1 heterocycles. The molecule has 0 bridgehead atoms. The number of carboxylic acids is 1. The zero-order valence-corrected chi connectivity index (χ0v) is 21.0. The Morgan fingerprint density at radius 1 is 1.05 bits per heavy atom. The van der Waals surface area contributed by atoms with Gasteiger partial charge in [0.05, 0.1) is 6.42 Å². The number of carbonyl (C=O) groups excluding carboxylic acids is 1. The lowest BCUT2D eigenvalue weighted by molar-refractivity contribution is -0.136. The summed E-state index contributed by atoms with van der Waals surface area (Å²) in [5, 5.41) is 16.3. The van der Waals surface area contributed by atoms with Gasteiger partial charge in [0.1, 0.15) is 29.8 Å². The fourth-order valence-electron chi connectivity index (χ4n) is 3.74. The van der Waals surface area contributed by atoms with Crippen LogP contribution in [0.25, 0.3) is 11.3 Å². The first-order chi connectivity index (χ1) is 17.8. The molecule has 0 aliphatic carbocycles. The molecule has 0 aliphatic heterocycles. The topological polar surface area (TPSA) is 111 Å². The van der Waals surface area contributed by atoms with Crippen LogP contribution in [0.1, 0.15) is 35.4 Å². The third-order valence-corrected chi connectivity index (χ3v) is 5.99. The van der Waals surface area contributed by atoms with E-state index in [1.54, 1.807) is 56.3 Å². The van der Waals surface area contributed by atoms with Crippen LogP contribution in [0.15, 0.2) is 77.3 Å². The molecule has 1 atom stereocenters. The maximum Gasteiger partial charge on any atom is 0.412 e. The minimum Gasteiger partial charge on any atom is -0.489 e. The van der Waals surface area contributed by atoms with E-state index in [1.165, 1.54) is 0 Å². The predicted molar refractivity (Wildman–Crippen MR) is 139 cm³/mol. The van der Waals surface area contributed by atoms with Crippen LogP contribution in [-0.2, 0) is 22.6 Å². The number of para-hydroxylation sites is 1. The van der Waals surface area contributed by atoms with Crippen molar-refractivity contribution in [2.75, 3.05) is 5.32 Å². The number of aliphatic carboxylic acids is 1. The number of carboxylic acid groups (broad SMARTS) is 1. The van der Waals surface area contributed by atoms with Gasteiger partial charge in [0.25, 0.3) is 0 Å². The molecular formula is C28H25ClN2O6. The summed E-state index contributed by atoms with van der Waals surface area (Å²) in [7, 11) is 0. The second kappa shape index (κ2) is 11.6. The zero-order valence-electron chi connectivity index (χ0n) is 20.2. The Hall–Kier alpha value is -4.30. The lowest BCUT2D eigenvalue weighted by atomic mass is 10.1. The number of rotatable bonds is 9. The van der Waals surface area contributed by atoms with Crippen molar-refractivity contribution >= 4 is 29.4 Å². The minimum atomic E-state index is -0.922. The van der Waals surface area contributed by atoms with Crippen LogP contribution in [-0.4, -0.2) is 22.3 Å². The number of aromatic nitrogens is 1. The molecular weight excluding hydrogens is 496 g/mol. The van der Waals surface area contributed by atoms with Gasteiger partial charge in [-0.15, -0.1) is 0 Å². The van der Waals surface area contributed by atoms with Crippen molar-refractivity contribution in [1.82, 2.24) is 5.16 Å². The summed E-state index contributed by atoms with van der Waals surface area (Å²) in [6.45, 7) is 3.71. The number of benzene rings is 3. The molecule has 8 nitrogen and oxygen atoms in total. The van der Waals surface area contributed by atoms with Crippen LogP contribution in [0.4, 0.5) is 10.5 Å². The number of carbonyl (C=O) groups is 2. The van der Waals surface area contributed by atoms with E-state index >= 15 is 0 Å². The first kappa shape index (κ1) is 25.8. The second-order valence-corrected chi connectivity index (χ2v) is 8.74. The van der Waals surface area contributed by atoms with Gasteiger partial charge in [-0.2, -0.15) is 0 Å². The Balaban J connectivity index is 1.42. The molecule has 0 saturated carbocycles. The molecule has 37 heavy (non-hydrogen) atoms. The fraction of sp³-hybridized carbons (Fsp3) is 0.179. The summed E-state index contributed by atoms with van der Waals surface area (Å²) in [5.74, 6) is -0.00987. The Bertz CT molecular complexity index is 1400. The summed E-state index contributed by atoms with van der Waals surface area (Å²) in [6.07, 6.45) is -1.34. The summed E-state index contributed by atoms with van der Waals surface area (Å²) in [6, 6.07) is 21.6. The van der Waals surface area contributed by atoms with Crippen LogP contribution < -0.4 is 10.1 Å². The molecule has 4 rings (SSSR count). The highest BCUT2D eigenvalue weighted by molar-refractivity contribution is 6.31. The number of aryl methyl sites for hydroxylation is 1. The van der Waals surface area contributed by atoms with Crippen molar-refractivity contribution < 1.29 is 28.7 Å². The molecule has 3 aromatic carbocycles. The first-order valence-corrected chi connectivity index (χ1v) is 11.9. The number of nitrogens with zero attached hydrogens (tertiary/aromatic N) is 1. The van der Waals surface area contributed by atoms with Gasteiger partial charge in [0.2, 0.25) is 0 Å². The lowest BCUT2D eigenvalue weighted by Crippen LogP contribution is -2.17. The molecule has 190 valence electrons. The zero-order chi connectivity index (χ0) is 26.4. The number of halogens is 1. The smallest absolute Gasteiger partial charge is 0.412 e. The Labute approximate surface area is 218 Å². The van der Waals surface area contributed by atoms with Crippen LogP contribution in [0, 0.1) is 6.92 Å². The van der Waals surface area contributed by atoms with Gasteiger partial charge in [-0.25, -0.2) is 4.79 Å². The van der Waals surface area contributed by atoms with E-state index in [2.05, 4.69) is 10.5 Å². The Morgan fingerprint density at radius 3 is 2.49 bits per heavy atom. The highest BCUT2D eigenvalue weighted by Crippen LogP contribution is 2.32. The Morgan fingerprint density at radius 2 is 1.76 bits per heavy atom. The summed E-state index contributed by atoms with van der Waals surface area (Å²) < 4.78 is 16.8. The van der Waals surface area contributed by atoms with Crippen molar-refractivity contribution in [2.24, 2.45) is 0 Å². The van der Waals surface area contributed by atoms with E-state index in [-0.39, 0.29) is 13.0 Å². The molecule has 0 radical (unpaired) electrons. The number of hydrogen-bond acceptors (Lipinski definition) is 6. The van der Waals surface area contributed by atoms with Gasteiger partial charge in [0.15, 0.2) is 5.76 Å². The van der Waals surface area contributed by atoms with Gasteiger partial charge in [-0.1, -0.05) is 77.4 Å². The molecule has 0 aliphatic rings. The van der Waals surface area contributed by atoms with Crippen LogP contribution >= 0.6 is 11.6 Å². The molecule has 0 saturated heterocycles. The standard InChI is InChI=1S/C28H25ClN2O6/c1-17-26(30-28(34)36-18(2)22-8-4-5-9-23(22)29)27(37-31-17)20-13-11-19(12-14-20)16-35-24-10-6-3-7-21(24)15-25(32)33/h3-14,18H,15-16H2,1-2H3,(H,30,34)(H,32,33)/t18-/m1/s1. The van der Waals surface area contributed by atoms with E-state index in [0.29, 0.717) is 44.6 Å².